The molecule has 1 unspecified atom stereocenters. The van der Waals surface area contributed by atoms with E-state index in [0.29, 0.717) is 15.0 Å². The van der Waals surface area contributed by atoms with Crippen LogP contribution in [0.1, 0.15) is 26.2 Å². The van der Waals surface area contributed by atoms with Crippen LogP contribution in [0.4, 0.5) is 0 Å². The predicted octanol–water partition coefficient (Wildman–Crippen LogP) is 1.93. The Morgan fingerprint density at radius 1 is 1.21 bits per heavy atom. The zero-order chi connectivity index (χ0) is 9.86. The summed E-state index contributed by atoms with van der Waals surface area (Å²) in [6.07, 6.45) is 3.79. The molecule has 1 aromatic rings. The summed E-state index contributed by atoms with van der Waals surface area (Å²) in [5.74, 6) is 0. The van der Waals surface area contributed by atoms with Crippen LogP contribution in [0.3, 0.4) is 0 Å². The first kappa shape index (κ1) is 10.2. The van der Waals surface area contributed by atoms with Crippen LogP contribution in [-0.2, 0) is 4.74 Å². The van der Waals surface area contributed by atoms with E-state index in [0.717, 1.165) is 6.61 Å². The third kappa shape index (κ3) is 2.60. The molecule has 1 aliphatic heterocycles. The number of rotatable bonds is 2. The maximum atomic E-state index is 5.90. The molecule has 1 aliphatic rings. The fraction of sp³-hybridized carbons (Fsp3) is 0.500. The number of benzene rings is 1. The number of hydrogen-bond donors (Lipinski definition) is 0. The molecule has 14 heavy (non-hydrogen) atoms. The Morgan fingerprint density at radius 2 is 2.00 bits per heavy atom. The maximum absolute atomic E-state index is 5.90. The van der Waals surface area contributed by atoms with Gasteiger partial charge >= 0.3 is 91.8 Å². The molecule has 0 radical (unpaired) electrons. The van der Waals surface area contributed by atoms with E-state index in [9.17, 15) is 0 Å². The molecule has 1 nitrogen and oxygen atoms in total. The van der Waals surface area contributed by atoms with Gasteiger partial charge in [0, 0.05) is 0 Å². The summed E-state index contributed by atoms with van der Waals surface area (Å²) in [5.41, 5.74) is 0. The first-order valence-electron chi connectivity index (χ1n) is 5.17. The Kier molecular flexibility index (Phi) is 3.27. The summed E-state index contributed by atoms with van der Waals surface area (Å²) >= 11 is 0.453. The van der Waals surface area contributed by atoms with Crippen LogP contribution in [0, 0.1) is 0 Å². The Labute approximate surface area is 92.0 Å². The van der Waals surface area contributed by atoms with Gasteiger partial charge in [-0.3, -0.25) is 0 Å². The summed E-state index contributed by atoms with van der Waals surface area (Å²) in [4.78, 5) is 0. The van der Waals surface area contributed by atoms with Crippen molar-refractivity contribution in [1.29, 1.82) is 0 Å². The van der Waals surface area contributed by atoms with E-state index in [1.807, 2.05) is 0 Å². The SMILES string of the molecule is CC1([Se]c2ccccc2)CCCCO1. The molecule has 0 aliphatic carbocycles. The molecule has 1 aromatic carbocycles. The predicted molar refractivity (Wildman–Crippen MR) is 60.0 cm³/mol. The van der Waals surface area contributed by atoms with E-state index in [1.165, 1.54) is 23.7 Å². The molecule has 2 rings (SSSR count). The fourth-order valence-electron chi connectivity index (χ4n) is 1.73. The molecule has 0 aromatic heterocycles. The summed E-state index contributed by atoms with van der Waals surface area (Å²) in [6, 6.07) is 10.7. The van der Waals surface area contributed by atoms with Gasteiger partial charge in [0.1, 0.15) is 0 Å². The van der Waals surface area contributed by atoms with Crippen LogP contribution < -0.4 is 4.46 Å². The standard InChI is InChI=1S/C12H16OSe/c1-12(9-5-6-10-13-12)14-11-7-3-2-4-8-11/h2-4,7-8H,5-6,9-10H2,1H3. The van der Waals surface area contributed by atoms with Crippen molar-refractivity contribution in [3.05, 3.63) is 30.3 Å². The van der Waals surface area contributed by atoms with E-state index in [1.54, 1.807) is 0 Å². The molecular weight excluding hydrogens is 239 g/mol. The van der Waals surface area contributed by atoms with E-state index >= 15 is 0 Å². The quantitative estimate of drug-likeness (QED) is 0.734. The molecule has 0 saturated carbocycles. The molecule has 0 N–H and O–H groups in total. The summed E-state index contributed by atoms with van der Waals surface area (Å²) in [6.45, 7) is 3.21. The molecule has 0 amide bonds. The van der Waals surface area contributed by atoms with Gasteiger partial charge in [-0.05, 0) is 0 Å². The average molecular weight is 255 g/mol. The third-order valence-corrected chi connectivity index (χ3v) is 5.16. The molecule has 1 fully saturated rings. The van der Waals surface area contributed by atoms with Crippen molar-refractivity contribution in [3.63, 3.8) is 0 Å². The van der Waals surface area contributed by atoms with Gasteiger partial charge < -0.3 is 0 Å². The molecule has 0 bridgehead atoms. The van der Waals surface area contributed by atoms with Crippen molar-refractivity contribution >= 4 is 19.4 Å². The Hall–Kier alpha value is -0.301. The van der Waals surface area contributed by atoms with Crippen molar-refractivity contribution < 1.29 is 4.74 Å². The normalized spacial score (nSPS) is 27.5. The van der Waals surface area contributed by atoms with Crippen LogP contribution in [0.15, 0.2) is 30.3 Å². The molecular formula is C12H16OSe. The minimum atomic E-state index is 0.145. The van der Waals surface area contributed by atoms with Crippen LogP contribution in [-0.4, -0.2) is 26.1 Å². The van der Waals surface area contributed by atoms with Gasteiger partial charge in [-0.1, -0.05) is 0 Å². The van der Waals surface area contributed by atoms with Crippen LogP contribution >= 0.6 is 0 Å². The Morgan fingerprint density at radius 3 is 2.64 bits per heavy atom. The van der Waals surface area contributed by atoms with Gasteiger partial charge in [-0.25, -0.2) is 0 Å². The van der Waals surface area contributed by atoms with Gasteiger partial charge in [0.2, 0.25) is 0 Å². The monoisotopic (exact) mass is 256 g/mol. The van der Waals surface area contributed by atoms with E-state index in [2.05, 4.69) is 37.3 Å². The zero-order valence-corrected chi connectivity index (χ0v) is 10.2. The molecule has 76 valence electrons. The van der Waals surface area contributed by atoms with Crippen LogP contribution in [0.5, 0.6) is 0 Å². The molecule has 1 saturated heterocycles. The fourth-order valence-corrected chi connectivity index (χ4v) is 4.20. The van der Waals surface area contributed by atoms with Gasteiger partial charge in [0.25, 0.3) is 0 Å². The van der Waals surface area contributed by atoms with Crippen molar-refractivity contribution in [3.8, 4) is 0 Å². The van der Waals surface area contributed by atoms with Crippen molar-refractivity contribution in [2.75, 3.05) is 6.61 Å². The molecule has 2 heteroatoms. The van der Waals surface area contributed by atoms with Crippen molar-refractivity contribution in [2.24, 2.45) is 0 Å². The molecule has 1 heterocycles. The second-order valence-electron chi connectivity index (χ2n) is 3.85. The van der Waals surface area contributed by atoms with Crippen molar-refractivity contribution in [1.82, 2.24) is 0 Å². The number of hydrogen-bond acceptors (Lipinski definition) is 1. The van der Waals surface area contributed by atoms with Crippen LogP contribution in [0.2, 0.25) is 0 Å². The topological polar surface area (TPSA) is 9.23 Å². The Balaban J connectivity index is 2.02. The van der Waals surface area contributed by atoms with E-state index < -0.39 is 0 Å². The first-order chi connectivity index (χ1) is 6.79. The van der Waals surface area contributed by atoms with Crippen LogP contribution in [0.25, 0.3) is 0 Å². The van der Waals surface area contributed by atoms with E-state index in [-0.39, 0.29) is 4.50 Å². The first-order valence-corrected chi connectivity index (χ1v) is 6.88. The van der Waals surface area contributed by atoms with Gasteiger partial charge in [0.15, 0.2) is 0 Å². The van der Waals surface area contributed by atoms with Gasteiger partial charge in [-0.15, -0.1) is 0 Å². The molecule has 1 atom stereocenters. The zero-order valence-electron chi connectivity index (χ0n) is 8.53. The summed E-state index contributed by atoms with van der Waals surface area (Å²) < 4.78 is 7.49. The van der Waals surface area contributed by atoms with Gasteiger partial charge in [-0.2, -0.15) is 0 Å². The molecule has 0 spiro atoms. The van der Waals surface area contributed by atoms with Gasteiger partial charge in [0.05, 0.1) is 0 Å². The Bertz CT molecular complexity index is 278. The second-order valence-corrected chi connectivity index (χ2v) is 7.08. The average Bonchev–Trinajstić information content (AvgIpc) is 2.19. The minimum absolute atomic E-state index is 0.145. The van der Waals surface area contributed by atoms with E-state index in [4.69, 9.17) is 4.74 Å². The summed E-state index contributed by atoms with van der Waals surface area (Å²) in [5, 5.41) is 0. The summed E-state index contributed by atoms with van der Waals surface area (Å²) in [7, 11) is 0. The second kappa shape index (κ2) is 4.48. The number of ether oxygens (including phenoxy) is 1. The van der Waals surface area contributed by atoms with Crippen molar-refractivity contribution in [2.45, 2.75) is 30.7 Å². The third-order valence-electron chi connectivity index (χ3n) is 2.51.